The highest BCUT2D eigenvalue weighted by atomic mass is 28.2. The van der Waals surface area contributed by atoms with Crippen LogP contribution in [0, 0.1) is 0 Å². The monoisotopic (exact) mass is 159 g/mol. The molecule has 2 nitrogen and oxygen atoms in total. The molecule has 0 radical (unpaired) electrons. The first-order valence-electron chi connectivity index (χ1n) is 4.20. The molecule has 1 aliphatic rings. The van der Waals surface area contributed by atoms with Gasteiger partial charge in [-0.2, -0.15) is 0 Å². The number of likely N-dealkylation sites (tertiary alicyclic amines) is 1. The van der Waals surface area contributed by atoms with Crippen molar-refractivity contribution in [3.05, 3.63) is 0 Å². The second kappa shape index (κ2) is 4.11. The topological polar surface area (TPSA) is 23.5 Å². The van der Waals surface area contributed by atoms with Crippen LogP contribution in [-0.4, -0.2) is 45.8 Å². The van der Waals surface area contributed by atoms with E-state index in [0.29, 0.717) is 6.61 Å². The zero-order valence-corrected chi connectivity index (χ0v) is 8.13. The van der Waals surface area contributed by atoms with Gasteiger partial charge in [0.15, 0.2) is 0 Å². The first-order chi connectivity index (χ1) is 4.86. The van der Waals surface area contributed by atoms with Crippen LogP contribution in [0.15, 0.2) is 0 Å². The quantitative estimate of drug-likeness (QED) is 0.571. The van der Waals surface area contributed by atoms with Crippen molar-refractivity contribution in [3.8, 4) is 0 Å². The van der Waals surface area contributed by atoms with Crippen molar-refractivity contribution in [2.75, 3.05) is 26.2 Å². The van der Waals surface area contributed by atoms with Crippen molar-refractivity contribution in [2.45, 2.75) is 18.5 Å². The smallest absolute Gasteiger partial charge is 0.0558 e. The van der Waals surface area contributed by atoms with Crippen LogP contribution in [0.25, 0.3) is 0 Å². The van der Waals surface area contributed by atoms with Gasteiger partial charge in [-0.05, 0) is 25.1 Å². The fraction of sp³-hybridized carbons (Fsp3) is 1.00. The number of aliphatic hydroxyl groups is 1. The lowest BCUT2D eigenvalue weighted by atomic mass is 10.4. The maximum atomic E-state index is 8.66. The van der Waals surface area contributed by atoms with E-state index in [9.17, 15) is 0 Å². The predicted octanol–water partition coefficient (Wildman–Crippen LogP) is -0.310. The molecule has 0 spiro atoms. The Morgan fingerprint density at radius 3 is 3.00 bits per heavy atom. The van der Waals surface area contributed by atoms with Gasteiger partial charge in [-0.15, -0.1) is 0 Å². The van der Waals surface area contributed by atoms with Crippen molar-refractivity contribution >= 4 is 9.52 Å². The van der Waals surface area contributed by atoms with Crippen LogP contribution in [0.4, 0.5) is 0 Å². The molecule has 1 aliphatic heterocycles. The Labute approximate surface area is 65.1 Å². The third-order valence-electron chi connectivity index (χ3n) is 2.36. The highest BCUT2D eigenvalue weighted by molar-refractivity contribution is 6.35. The molecule has 0 bridgehead atoms. The van der Waals surface area contributed by atoms with E-state index in [4.69, 9.17) is 5.11 Å². The van der Waals surface area contributed by atoms with E-state index < -0.39 is 0 Å². The molecular weight excluding hydrogens is 142 g/mol. The van der Waals surface area contributed by atoms with Crippen LogP contribution in [0.1, 0.15) is 6.42 Å². The summed E-state index contributed by atoms with van der Waals surface area (Å²) in [6, 6.07) is 0. The Balaban J connectivity index is 2.15. The summed E-state index contributed by atoms with van der Waals surface area (Å²) in [5.41, 5.74) is 1.03. The van der Waals surface area contributed by atoms with Gasteiger partial charge >= 0.3 is 0 Å². The lowest BCUT2D eigenvalue weighted by molar-refractivity contribution is 0.221. The van der Waals surface area contributed by atoms with Gasteiger partial charge in [0, 0.05) is 16.1 Å². The normalized spacial score (nSPS) is 28.8. The van der Waals surface area contributed by atoms with Crippen LogP contribution < -0.4 is 0 Å². The van der Waals surface area contributed by atoms with E-state index >= 15 is 0 Å². The average molecular weight is 159 g/mol. The molecule has 60 valence electrons. The molecule has 0 amide bonds. The van der Waals surface area contributed by atoms with E-state index in [1.807, 2.05) is 0 Å². The number of nitrogens with zero attached hydrogens (tertiary/aromatic N) is 1. The summed E-state index contributed by atoms with van der Waals surface area (Å²) in [5, 5.41) is 8.66. The fourth-order valence-corrected chi connectivity index (χ4v) is 2.80. The summed E-state index contributed by atoms with van der Waals surface area (Å²) in [7, 11) is 0.218. The third-order valence-corrected chi connectivity index (χ3v) is 4.18. The minimum atomic E-state index is 0.218. The fourth-order valence-electron chi connectivity index (χ4n) is 1.59. The maximum absolute atomic E-state index is 8.66. The van der Waals surface area contributed by atoms with Gasteiger partial charge in [-0.25, -0.2) is 0 Å². The Hall–Kier alpha value is 0.137. The summed E-state index contributed by atoms with van der Waals surface area (Å²) < 4.78 is 0. The van der Waals surface area contributed by atoms with Gasteiger partial charge in [0.2, 0.25) is 0 Å². The summed E-state index contributed by atoms with van der Waals surface area (Å²) in [6.45, 7) is 6.10. The SMILES string of the molecule is C[SiH2]C1CCN(CCO)C1. The molecular formula is C7H17NOSi. The van der Waals surface area contributed by atoms with Crippen molar-refractivity contribution in [1.82, 2.24) is 4.90 Å². The maximum Gasteiger partial charge on any atom is 0.0558 e. The highest BCUT2D eigenvalue weighted by Crippen LogP contribution is 2.19. The zero-order valence-electron chi connectivity index (χ0n) is 6.71. The molecule has 1 heterocycles. The van der Waals surface area contributed by atoms with E-state index in [1.165, 1.54) is 19.5 Å². The number of aliphatic hydroxyl groups excluding tert-OH is 1. The zero-order chi connectivity index (χ0) is 7.40. The molecule has 10 heavy (non-hydrogen) atoms. The Morgan fingerprint density at radius 2 is 2.50 bits per heavy atom. The van der Waals surface area contributed by atoms with Gasteiger partial charge in [-0.1, -0.05) is 6.55 Å². The molecule has 1 unspecified atom stereocenters. The van der Waals surface area contributed by atoms with Gasteiger partial charge in [0.1, 0.15) is 0 Å². The largest absolute Gasteiger partial charge is 0.395 e. The van der Waals surface area contributed by atoms with Crippen LogP contribution in [-0.2, 0) is 0 Å². The van der Waals surface area contributed by atoms with E-state index in [0.717, 1.165) is 12.1 Å². The second-order valence-electron chi connectivity index (χ2n) is 3.09. The number of hydrogen-bond acceptors (Lipinski definition) is 2. The molecule has 3 heteroatoms. The van der Waals surface area contributed by atoms with Crippen LogP contribution >= 0.6 is 0 Å². The van der Waals surface area contributed by atoms with Gasteiger partial charge in [-0.3, -0.25) is 0 Å². The van der Waals surface area contributed by atoms with Crippen LogP contribution in [0.3, 0.4) is 0 Å². The molecule has 0 saturated carbocycles. The molecule has 0 aromatic rings. The van der Waals surface area contributed by atoms with Gasteiger partial charge in [0.25, 0.3) is 0 Å². The van der Waals surface area contributed by atoms with E-state index in [1.54, 1.807) is 0 Å². The molecule has 0 aromatic heterocycles. The lowest BCUT2D eigenvalue weighted by Crippen LogP contribution is -2.23. The minimum absolute atomic E-state index is 0.218. The van der Waals surface area contributed by atoms with Gasteiger partial charge < -0.3 is 10.0 Å². The average Bonchev–Trinajstić information content (AvgIpc) is 2.37. The van der Waals surface area contributed by atoms with Crippen molar-refractivity contribution in [1.29, 1.82) is 0 Å². The molecule has 1 rings (SSSR count). The Morgan fingerprint density at radius 1 is 1.70 bits per heavy atom. The molecule has 1 fully saturated rings. The van der Waals surface area contributed by atoms with Crippen molar-refractivity contribution in [3.63, 3.8) is 0 Å². The summed E-state index contributed by atoms with van der Waals surface area (Å²) >= 11 is 0. The summed E-state index contributed by atoms with van der Waals surface area (Å²) in [6.07, 6.45) is 1.39. The molecule has 1 atom stereocenters. The van der Waals surface area contributed by atoms with Crippen molar-refractivity contribution < 1.29 is 5.11 Å². The van der Waals surface area contributed by atoms with Crippen molar-refractivity contribution in [2.24, 2.45) is 0 Å². The number of β-amino-alcohol motifs (C(OH)–C–C–N with tert-alkyl or cyclic N) is 1. The van der Waals surface area contributed by atoms with E-state index in [-0.39, 0.29) is 9.52 Å². The lowest BCUT2D eigenvalue weighted by Gasteiger charge is -2.12. The van der Waals surface area contributed by atoms with Gasteiger partial charge in [0.05, 0.1) is 6.61 Å². The summed E-state index contributed by atoms with van der Waals surface area (Å²) in [5.74, 6) is 0. The molecule has 0 aromatic carbocycles. The number of rotatable bonds is 3. The second-order valence-corrected chi connectivity index (χ2v) is 5.06. The minimum Gasteiger partial charge on any atom is -0.395 e. The van der Waals surface area contributed by atoms with Crippen LogP contribution in [0.2, 0.25) is 12.1 Å². The third kappa shape index (κ3) is 2.07. The molecule has 0 aliphatic carbocycles. The summed E-state index contributed by atoms with van der Waals surface area (Å²) in [4.78, 5) is 2.38. The predicted molar refractivity (Wildman–Crippen MR) is 46.3 cm³/mol. The Kier molecular flexibility index (Phi) is 3.38. The standard InChI is InChI=1S/C7H17NOSi/c1-10-7-2-3-8(6-7)4-5-9/h7,9H,2-6,10H2,1H3. The Bertz CT molecular complexity index is 99.6. The molecule has 1 N–H and O–H groups in total. The van der Waals surface area contributed by atoms with E-state index in [2.05, 4.69) is 11.4 Å². The number of hydrogen-bond donors (Lipinski definition) is 1. The first kappa shape index (κ1) is 8.24. The first-order valence-corrected chi connectivity index (χ1v) is 6.43. The molecule has 1 saturated heterocycles. The van der Waals surface area contributed by atoms with Crippen LogP contribution in [0.5, 0.6) is 0 Å². The highest BCUT2D eigenvalue weighted by Gasteiger charge is 2.19.